The third-order valence-electron chi connectivity index (χ3n) is 3.31. The van der Waals surface area contributed by atoms with Crippen LogP contribution in [-0.4, -0.2) is 25.9 Å². The number of H-pyrrole nitrogens is 1. The number of hydrogen-bond donors (Lipinski definition) is 2. The third kappa shape index (κ3) is 2.67. The van der Waals surface area contributed by atoms with E-state index in [1.54, 1.807) is 13.1 Å². The minimum atomic E-state index is -0.668. The Bertz CT molecular complexity index is 769. The summed E-state index contributed by atoms with van der Waals surface area (Å²) in [5, 5.41) is 6.96. The molecule has 0 amide bonds. The van der Waals surface area contributed by atoms with Gasteiger partial charge in [0.2, 0.25) is 0 Å². The Labute approximate surface area is 120 Å². The summed E-state index contributed by atoms with van der Waals surface area (Å²) >= 11 is 0. The standard InChI is InChI=1S/C14H15FN6/c1-7(16)10(15)5-17-8(2)12-13-14(21-20-12)18-6-11(19-13)9-3-4-9/h5-6,9H,1,3-4,16H2,2H3,(H,18,20,21)/b10-5+,17-8+. The number of hydrogen-bond acceptors (Lipinski definition) is 5. The van der Waals surface area contributed by atoms with Crippen molar-refractivity contribution in [2.45, 2.75) is 25.7 Å². The first-order chi connectivity index (χ1) is 10.1. The molecule has 2 aromatic heterocycles. The topological polar surface area (TPSA) is 92.8 Å². The van der Waals surface area contributed by atoms with Gasteiger partial charge in [0.15, 0.2) is 11.5 Å². The average Bonchev–Trinajstić information content (AvgIpc) is 3.23. The van der Waals surface area contributed by atoms with E-state index in [2.05, 4.69) is 31.7 Å². The van der Waals surface area contributed by atoms with Crippen molar-refractivity contribution in [2.75, 3.05) is 0 Å². The zero-order chi connectivity index (χ0) is 15.0. The first kappa shape index (κ1) is 13.4. The van der Waals surface area contributed by atoms with Crippen molar-refractivity contribution < 1.29 is 4.39 Å². The number of halogens is 1. The molecule has 2 aromatic rings. The lowest BCUT2D eigenvalue weighted by Crippen LogP contribution is -1.99. The van der Waals surface area contributed by atoms with Crippen molar-refractivity contribution in [3.05, 3.63) is 41.9 Å². The summed E-state index contributed by atoms with van der Waals surface area (Å²) < 4.78 is 13.3. The molecule has 3 N–H and O–H groups in total. The van der Waals surface area contributed by atoms with Crippen LogP contribution < -0.4 is 5.73 Å². The van der Waals surface area contributed by atoms with Crippen LogP contribution in [0.15, 0.2) is 35.5 Å². The van der Waals surface area contributed by atoms with Crippen LogP contribution in [0.4, 0.5) is 4.39 Å². The van der Waals surface area contributed by atoms with Crippen molar-refractivity contribution in [3.8, 4) is 0 Å². The summed E-state index contributed by atoms with van der Waals surface area (Å²) in [4.78, 5) is 12.9. The molecule has 2 heterocycles. The normalized spacial score (nSPS) is 16.5. The second-order valence-corrected chi connectivity index (χ2v) is 5.06. The first-order valence-corrected chi connectivity index (χ1v) is 6.62. The maximum atomic E-state index is 13.3. The molecular weight excluding hydrogens is 271 g/mol. The maximum absolute atomic E-state index is 13.3. The van der Waals surface area contributed by atoms with Gasteiger partial charge in [-0.25, -0.2) is 14.4 Å². The molecule has 1 fully saturated rings. The molecule has 0 saturated heterocycles. The van der Waals surface area contributed by atoms with Gasteiger partial charge in [0, 0.05) is 5.92 Å². The fourth-order valence-corrected chi connectivity index (χ4v) is 1.94. The Kier molecular flexibility index (Phi) is 3.25. The molecule has 6 nitrogen and oxygen atoms in total. The van der Waals surface area contributed by atoms with E-state index in [-0.39, 0.29) is 5.70 Å². The number of aliphatic imine (C=N–C) groups is 1. The molecule has 1 aliphatic rings. The highest BCUT2D eigenvalue weighted by atomic mass is 19.1. The summed E-state index contributed by atoms with van der Waals surface area (Å²) in [5.41, 5.74) is 8.39. The Balaban J connectivity index is 1.99. The monoisotopic (exact) mass is 286 g/mol. The predicted molar refractivity (Wildman–Crippen MR) is 78.4 cm³/mol. The van der Waals surface area contributed by atoms with Crippen molar-refractivity contribution >= 4 is 16.9 Å². The second kappa shape index (κ2) is 5.08. The first-order valence-electron chi connectivity index (χ1n) is 6.62. The molecule has 3 rings (SSSR count). The summed E-state index contributed by atoms with van der Waals surface area (Å²) in [6.45, 7) is 5.03. The zero-order valence-electron chi connectivity index (χ0n) is 11.6. The summed E-state index contributed by atoms with van der Waals surface area (Å²) in [6, 6.07) is 0. The largest absolute Gasteiger partial charge is 0.397 e. The van der Waals surface area contributed by atoms with Crippen LogP contribution in [0, 0.1) is 0 Å². The summed E-state index contributed by atoms with van der Waals surface area (Å²) in [6.07, 6.45) is 5.09. The minimum Gasteiger partial charge on any atom is -0.397 e. The molecule has 108 valence electrons. The van der Waals surface area contributed by atoms with E-state index in [0.717, 1.165) is 24.7 Å². The van der Waals surface area contributed by atoms with E-state index < -0.39 is 5.83 Å². The summed E-state index contributed by atoms with van der Waals surface area (Å²) in [5.74, 6) is -0.168. The highest BCUT2D eigenvalue weighted by molar-refractivity contribution is 6.05. The Hall–Kier alpha value is -2.57. The molecule has 0 bridgehead atoms. The number of nitrogens with one attached hydrogen (secondary N) is 1. The Morgan fingerprint density at radius 2 is 2.33 bits per heavy atom. The van der Waals surface area contributed by atoms with Crippen LogP contribution >= 0.6 is 0 Å². The SMILES string of the molecule is C=C(N)/C(F)=C\N=C(/C)c1n[nH]c2ncc(C3CC3)nc12. The number of nitrogens with two attached hydrogens (primary N) is 1. The smallest absolute Gasteiger partial charge is 0.174 e. The lowest BCUT2D eigenvalue weighted by Gasteiger charge is -1.98. The fourth-order valence-electron chi connectivity index (χ4n) is 1.94. The van der Waals surface area contributed by atoms with E-state index >= 15 is 0 Å². The number of fused-ring (bicyclic) bond motifs is 1. The van der Waals surface area contributed by atoms with Crippen LogP contribution in [0.3, 0.4) is 0 Å². The number of rotatable bonds is 4. The number of allylic oxidation sites excluding steroid dienone is 1. The molecular formula is C14H15FN6. The van der Waals surface area contributed by atoms with Crippen molar-refractivity contribution in [3.63, 3.8) is 0 Å². The van der Waals surface area contributed by atoms with Gasteiger partial charge in [0.25, 0.3) is 0 Å². The van der Waals surface area contributed by atoms with E-state index in [1.165, 1.54) is 0 Å². The zero-order valence-corrected chi connectivity index (χ0v) is 11.6. The van der Waals surface area contributed by atoms with Gasteiger partial charge in [-0.15, -0.1) is 0 Å². The molecule has 0 atom stereocenters. The van der Waals surface area contributed by atoms with Gasteiger partial charge in [-0.05, 0) is 19.8 Å². The molecule has 0 radical (unpaired) electrons. The molecule has 0 aliphatic heterocycles. The molecule has 0 spiro atoms. The van der Waals surface area contributed by atoms with E-state index in [0.29, 0.717) is 28.5 Å². The van der Waals surface area contributed by atoms with Gasteiger partial charge < -0.3 is 5.73 Å². The van der Waals surface area contributed by atoms with Crippen LogP contribution in [-0.2, 0) is 0 Å². The highest BCUT2D eigenvalue weighted by Gasteiger charge is 2.26. The van der Waals surface area contributed by atoms with E-state index in [1.807, 2.05) is 0 Å². The van der Waals surface area contributed by atoms with Gasteiger partial charge in [-0.2, -0.15) is 5.10 Å². The Morgan fingerprint density at radius 3 is 3.00 bits per heavy atom. The Morgan fingerprint density at radius 1 is 1.57 bits per heavy atom. The van der Waals surface area contributed by atoms with Gasteiger partial charge >= 0.3 is 0 Å². The summed E-state index contributed by atoms with van der Waals surface area (Å²) in [7, 11) is 0. The lowest BCUT2D eigenvalue weighted by atomic mass is 10.2. The molecule has 21 heavy (non-hydrogen) atoms. The molecule has 1 aliphatic carbocycles. The number of aromatic amines is 1. The highest BCUT2D eigenvalue weighted by Crippen LogP contribution is 2.39. The quantitative estimate of drug-likeness (QED) is 0.666. The lowest BCUT2D eigenvalue weighted by molar-refractivity contribution is 0.646. The minimum absolute atomic E-state index is 0.158. The average molecular weight is 286 g/mol. The van der Waals surface area contributed by atoms with Gasteiger partial charge in [-0.3, -0.25) is 10.1 Å². The number of nitrogens with zero attached hydrogens (tertiary/aromatic N) is 4. The van der Waals surface area contributed by atoms with E-state index in [9.17, 15) is 4.39 Å². The molecule has 1 saturated carbocycles. The molecule has 7 heteroatoms. The van der Waals surface area contributed by atoms with Gasteiger partial charge in [0.1, 0.15) is 11.2 Å². The van der Waals surface area contributed by atoms with Gasteiger partial charge in [0.05, 0.1) is 29.5 Å². The number of aromatic nitrogens is 4. The second-order valence-electron chi connectivity index (χ2n) is 5.06. The van der Waals surface area contributed by atoms with Gasteiger partial charge in [-0.1, -0.05) is 6.58 Å². The van der Waals surface area contributed by atoms with E-state index in [4.69, 9.17) is 5.73 Å². The van der Waals surface area contributed by atoms with Crippen molar-refractivity contribution in [1.82, 2.24) is 20.2 Å². The van der Waals surface area contributed by atoms with Crippen LogP contribution in [0.25, 0.3) is 11.2 Å². The van der Waals surface area contributed by atoms with Crippen molar-refractivity contribution in [1.29, 1.82) is 0 Å². The van der Waals surface area contributed by atoms with Crippen LogP contribution in [0.2, 0.25) is 0 Å². The van der Waals surface area contributed by atoms with Crippen LogP contribution in [0.5, 0.6) is 0 Å². The van der Waals surface area contributed by atoms with Crippen LogP contribution in [0.1, 0.15) is 37.1 Å². The molecule has 0 unspecified atom stereocenters. The van der Waals surface area contributed by atoms with Crippen molar-refractivity contribution in [2.24, 2.45) is 10.7 Å². The maximum Gasteiger partial charge on any atom is 0.174 e. The molecule has 0 aromatic carbocycles. The fraction of sp³-hybridized carbons (Fsp3) is 0.286. The third-order valence-corrected chi connectivity index (χ3v) is 3.31. The predicted octanol–water partition coefficient (Wildman–Crippen LogP) is 2.32.